The molecule has 2 aromatic rings. The van der Waals surface area contributed by atoms with Gasteiger partial charge in [0.15, 0.2) is 0 Å². The van der Waals surface area contributed by atoms with Crippen LogP contribution in [0.2, 0.25) is 0 Å². The maximum atomic E-state index is 11.8. The topological polar surface area (TPSA) is 50.7 Å². The van der Waals surface area contributed by atoms with Gasteiger partial charge in [-0.3, -0.25) is 4.57 Å². The molecular weight excluding hydrogens is 202 g/mol. The Morgan fingerprint density at radius 2 is 1.88 bits per heavy atom. The molecule has 0 N–H and O–H groups in total. The van der Waals surface area contributed by atoms with Crippen LogP contribution in [0.15, 0.2) is 35.3 Å². The Morgan fingerprint density at radius 3 is 2.31 bits per heavy atom. The van der Waals surface area contributed by atoms with Crippen molar-refractivity contribution in [2.45, 2.75) is 6.92 Å². The molecule has 0 spiro atoms. The van der Waals surface area contributed by atoms with Crippen molar-refractivity contribution in [2.75, 3.05) is 0 Å². The third-order valence-electron chi connectivity index (χ3n) is 2.48. The van der Waals surface area contributed by atoms with Gasteiger partial charge in [0.05, 0.1) is 17.3 Å². The summed E-state index contributed by atoms with van der Waals surface area (Å²) in [5.74, 6) is 0. The Balaban J connectivity index is 2.60. The molecule has 1 aromatic carbocycles. The summed E-state index contributed by atoms with van der Waals surface area (Å²) in [6, 6.07) is 8.99. The van der Waals surface area contributed by atoms with Crippen molar-refractivity contribution in [3.05, 3.63) is 52.2 Å². The first kappa shape index (κ1) is 10.2. The lowest BCUT2D eigenvalue weighted by Gasteiger charge is -2.03. The molecule has 0 unspecified atom stereocenters. The van der Waals surface area contributed by atoms with Gasteiger partial charge in [0.1, 0.15) is 0 Å². The normalized spacial score (nSPS) is 10.1. The highest BCUT2D eigenvalue weighted by atomic mass is 16.1. The van der Waals surface area contributed by atoms with Crippen LogP contribution in [0.25, 0.3) is 5.69 Å². The first-order valence-corrected chi connectivity index (χ1v) is 4.89. The van der Waals surface area contributed by atoms with Crippen molar-refractivity contribution in [2.24, 2.45) is 7.05 Å². The number of imidazole rings is 1. The smallest absolute Gasteiger partial charge is 0.302 e. The molecule has 0 saturated carbocycles. The SMILES string of the molecule is Cc1cn(C)c(=O)n1-c1ccc(C#N)cc1. The van der Waals surface area contributed by atoms with Crippen molar-refractivity contribution in [1.82, 2.24) is 9.13 Å². The van der Waals surface area contributed by atoms with Gasteiger partial charge < -0.3 is 4.57 Å². The van der Waals surface area contributed by atoms with E-state index in [0.717, 1.165) is 11.4 Å². The third kappa shape index (κ3) is 1.52. The van der Waals surface area contributed by atoms with Crippen LogP contribution in [-0.4, -0.2) is 9.13 Å². The van der Waals surface area contributed by atoms with Crippen LogP contribution in [0, 0.1) is 18.3 Å². The number of nitrogens with zero attached hydrogens (tertiary/aromatic N) is 3. The van der Waals surface area contributed by atoms with E-state index in [4.69, 9.17) is 5.26 Å². The van der Waals surface area contributed by atoms with Gasteiger partial charge in [-0.25, -0.2) is 4.79 Å². The second kappa shape index (κ2) is 3.70. The second-order valence-corrected chi connectivity index (χ2v) is 3.66. The van der Waals surface area contributed by atoms with E-state index in [9.17, 15) is 4.79 Å². The highest BCUT2D eigenvalue weighted by Crippen LogP contribution is 2.09. The fourth-order valence-corrected chi connectivity index (χ4v) is 1.70. The fourth-order valence-electron chi connectivity index (χ4n) is 1.70. The summed E-state index contributed by atoms with van der Waals surface area (Å²) in [4.78, 5) is 11.8. The second-order valence-electron chi connectivity index (χ2n) is 3.66. The monoisotopic (exact) mass is 213 g/mol. The molecule has 0 bridgehead atoms. The Kier molecular flexibility index (Phi) is 2.37. The lowest BCUT2D eigenvalue weighted by atomic mass is 10.2. The van der Waals surface area contributed by atoms with Crippen LogP contribution in [0.3, 0.4) is 0 Å². The minimum Gasteiger partial charge on any atom is -0.302 e. The standard InChI is InChI=1S/C12H11N3O/c1-9-8-14(2)12(16)15(9)11-5-3-10(7-13)4-6-11/h3-6,8H,1-2H3. The summed E-state index contributed by atoms with van der Waals surface area (Å²) in [6.07, 6.45) is 1.78. The van der Waals surface area contributed by atoms with Gasteiger partial charge in [-0.15, -0.1) is 0 Å². The Bertz CT molecular complexity index is 611. The molecule has 0 amide bonds. The van der Waals surface area contributed by atoms with E-state index in [2.05, 4.69) is 0 Å². The van der Waals surface area contributed by atoms with Gasteiger partial charge in [0.2, 0.25) is 0 Å². The summed E-state index contributed by atoms with van der Waals surface area (Å²) in [6.45, 7) is 1.87. The van der Waals surface area contributed by atoms with E-state index >= 15 is 0 Å². The number of hydrogen-bond acceptors (Lipinski definition) is 2. The predicted molar refractivity (Wildman–Crippen MR) is 60.5 cm³/mol. The minimum atomic E-state index is -0.0813. The average Bonchev–Trinajstić information content (AvgIpc) is 2.54. The zero-order chi connectivity index (χ0) is 11.7. The largest absolute Gasteiger partial charge is 0.332 e. The lowest BCUT2D eigenvalue weighted by molar-refractivity contribution is 0.821. The van der Waals surface area contributed by atoms with Crippen molar-refractivity contribution in [3.8, 4) is 11.8 Å². The van der Waals surface area contributed by atoms with Crippen molar-refractivity contribution in [3.63, 3.8) is 0 Å². The first-order valence-electron chi connectivity index (χ1n) is 4.89. The average molecular weight is 213 g/mol. The maximum Gasteiger partial charge on any atom is 0.332 e. The summed E-state index contributed by atoms with van der Waals surface area (Å²) in [7, 11) is 1.72. The predicted octanol–water partition coefficient (Wildman–Crippen LogP) is 1.36. The van der Waals surface area contributed by atoms with Crippen LogP contribution in [-0.2, 0) is 7.05 Å². The molecule has 0 fully saturated rings. The van der Waals surface area contributed by atoms with Gasteiger partial charge >= 0.3 is 5.69 Å². The van der Waals surface area contributed by atoms with E-state index in [1.165, 1.54) is 4.57 Å². The number of aromatic nitrogens is 2. The van der Waals surface area contributed by atoms with Crippen LogP contribution in [0.4, 0.5) is 0 Å². The molecule has 0 aliphatic rings. The van der Waals surface area contributed by atoms with Crippen LogP contribution in [0.5, 0.6) is 0 Å². The molecular formula is C12H11N3O. The van der Waals surface area contributed by atoms with E-state index in [1.807, 2.05) is 13.0 Å². The van der Waals surface area contributed by atoms with E-state index in [-0.39, 0.29) is 5.69 Å². The molecule has 4 nitrogen and oxygen atoms in total. The minimum absolute atomic E-state index is 0.0813. The summed E-state index contributed by atoms with van der Waals surface area (Å²) in [5, 5.41) is 8.69. The van der Waals surface area contributed by atoms with Crippen LogP contribution >= 0.6 is 0 Å². The summed E-state index contributed by atoms with van der Waals surface area (Å²) >= 11 is 0. The van der Waals surface area contributed by atoms with Gasteiger partial charge in [0.25, 0.3) is 0 Å². The van der Waals surface area contributed by atoms with Gasteiger partial charge in [-0.2, -0.15) is 5.26 Å². The van der Waals surface area contributed by atoms with Gasteiger partial charge in [-0.05, 0) is 31.2 Å². The number of hydrogen-bond donors (Lipinski definition) is 0. The van der Waals surface area contributed by atoms with Gasteiger partial charge in [0, 0.05) is 18.9 Å². The zero-order valence-corrected chi connectivity index (χ0v) is 9.14. The fraction of sp³-hybridized carbons (Fsp3) is 0.167. The van der Waals surface area contributed by atoms with Crippen LogP contribution < -0.4 is 5.69 Å². The van der Waals surface area contributed by atoms with Crippen molar-refractivity contribution >= 4 is 0 Å². The molecule has 4 heteroatoms. The van der Waals surface area contributed by atoms with Crippen molar-refractivity contribution < 1.29 is 0 Å². The molecule has 2 rings (SSSR count). The summed E-state index contributed by atoms with van der Waals surface area (Å²) < 4.78 is 3.15. The molecule has 0 aliphatic heterocycles. The number of aryl methyl sites for hydroxylation is 2. The molecule has 1 aromatic heterocycles. The number of benzene rings is 1. The Labute approximate surface area is 93.0 Å². The first-order chi connectivity index (χ1) is 7.63. The Hall–Kier alpha value is -2.28. The molecule has 0 radical (unpaired) electrons. The molecule has 0 atom stereocenters. The molecule has 80 valence electrons. The van der Waals surface area contributed by atoms with Crippen LogP contribution in [0.1, 0.15) is 11.3 Å². The quantitative estimate of drug-likeness (QED) is 0.718. The number of rotatable bonds is 1. The molecule has 0 saturated heterocycles. The third-order valence-corrected chi connectivity index (χ3v) is 2.48. The highest BCUT2D eigenvalue weighted by molar-refractivity contribution is 5.40. The van der Waals surface area contributed by atoms with E-state index in [1.54, 1.807) is 42.1 Å². The number of nitriles is 1. The maximum absolute atomic E-state index is 11.8. The van der Waals surface area contributed by atoms with Crippen molar-refractivity contribution in [1.29, 1.82) is 5.26 Å². The Morgan fingerprint density at radius 1 is 1.25 bits per heavy atom. The highest BCUT2D eigenvalue weighted by Gasteiger charge is 2.06. The summed E-state index contributed by atoms with van der Waals surface area (Å²) in [5.41, 5.74) is 2.16. The van der Waals surface area contributed by atoms with E-state index < -0.39 is 0 Å². The molecule has 16 heavy (non-hydrogen) atoms. The molecule has 1 heterocycles. The zero-order valence-electron chi connectivity index (χ0n) is 9.14. The van der Waals surface area contributed by atoms with Gasteiger partial charge in [-0.1, -0.05) is 0 Å². The van der Waals surface area contributed by atoms with E-state index in [0.29, 0.717) is 5.56 Å². The molecule has 0 aliphatic carbocycles. The lowest BCUT2D eigenvalue weighted by Crippen LogP contribution is -2.21.